The van der Waals surface area contributed by atoms with E-state index in [9.17, 15) is 4.79 Å². The highest BCUT2D eigenvalue weighted by atomic mass is 16.1. The van der Waals surface area contributed by atoms with Crippen molar-refractivity contribution < 1.29 is 0 Å². The molecule has 1 N–H and O–H groups in total. The molecule has 0 saturated carbocycles. The number of anilines is 1. The van der Waals surface area contributed by atoms with E-state index in [1.165, 1.54) is 22.3 Å². The molecular weight excluding hydrogens is 260 g/mol. The largest absolute Gasteiger partial charge is 0.377 e. The lowest BCUT2D eigenvalue weighted by Gasteiger charge is -2.21. The first-order chi connectivity index (χ1) is 9.92. The molecule has 0 saturated heterocycles. The van der Waals surface area contributed by atoms with Crippen LogP contribution < -0.4 is 10.9 Å². The number of aryl methyl sites for hydroxylation is 4. The van der Waals surface area contributed by atoms with E-state index >= 15 is 0 Å². The summed E-state index contributed by atoms with van der Waals surface area (Å²) in [4.78, 5) is 11.6. The maximum atomic E-state index is 11.6. The van der Waals surface area contributed by atoms with Gasteiger partial charge in [-0.25, -0.2) is 0 Å². The SMILES string of the molecule is CCn1cc(NC(C)c2c(C)cc(C)cc2C)ccc1=O. The average Bonchev–Trinajstić information content (AvgIpc) is 2.39. The van der Waals surface area contributed by atoms with Crippen molar-refractivity contribution in [2.24, 2.45) is 0 Å². The van der Waals surface area contributed by atoms with Crippen LogP contribution >= 0.6 is 0 Å². The standard InChI is InChI=1S/C18H24N2O/c1-6-20-11-16(7-8-17(20)21)19-15(5)18-13(3)9-12(2)10-14(18)4/h7-11,15,19H,6H2,1-5H3. The molecule has 1 atom stereocenters. The number of nitrogens with zero attached hydrogens (tertiary/aromatic N) is 1. The molecule has 1 aromatic carbocycles. The van der Waals surface area contributed by atoms with Gasteiger partial charge in [-0.1, -0.05) is 17.7 Å². The number of hydrogen-bond donors (Lipinski definition) is 1. The third kappa shape index (κ3) is 3.35. The van der Waals surface area contributed by atoms with Crippen LogP contribution in [0.4, 0.5) is 5.69 Å². The number of benzene rings is 1. The molecule has 0 aliphatic heterocycles. The summed E-state index contributed by atoms with van der Waals surface area (Å²) in [6, 6.07) is 8.10. The van der Waals surface area contributed by atoms with Gasteiger partial charge in [0.05, 0.1) is 5.69 Å². The molecule has 112 valence electrons. The Bertz CT molecular complexity index is 678. The summed E-state index contributed by atoms with van der Waals surface area (Å²) in [6.45, 7) is 11.3. The van der Waals surface area contributed by atoms with Crippen LogP contribution in [0, 0.1) is 20.8 Å². The summed E-state index contributed by atoms with van der Waals surface area (Å²) in [7, 11) is 0. The Labute approximate surface area is 126 Å². The highest BCUT2D eigenvalue weighted by Gasteiger charge is 2.12. The van der Waals surface area contributed by atoms with Crippen LogP contribution in [-0.4, -0.2) is 4.57 Å². The number of aromatic nitrogens is 1. The van der Waals surface area contributed by atoms with Crippen LogP contribution in [0.25, 0.3) is 0 Å². The number of hydrogen-bond acceptors (Lipinski definition) is 2. The quantitative estimate of drug-likeness (QED) is 0.922. The summed E-state index contributed by atoms with van der Waals surface area (Å²) in [5.74, 6) is 0. The molecule has 3 nitrogen and oxygen atoms in total. The van der Waals surface area contributed by atoms with Crippen molar-refractivity contribution in [3.8, 4) is 0 Å². The normalized spacial score (nSPS) is 12.2. The summed E-state index contributed by atoms with van der Waals surface area (Å²) in [5.41, 5.74) is 6.24. The Morgan fingerprint density at radius 3 is 2.33 bits per heavy atom. The summed E-state index contributed by atoms with van der Waals surface area (Å²) >= 11 is 0. The van der Waals surface area contributed by atoms with Crippen LogP contribution in [0.5, 0.6) is 0 Å². The molecule has 1 unspecified atom stereocenters. The molecule has 0 amide bonds. The lowest BCUT2D eigenvalue weighted by molar-refractivity contribution is 0.725. The molecule has 1 heterocycles. The van der Waals surface area contributed by atoms with E-state index in [1.807, 2.05) is 19.2 Å². The third-order valence-electron chi connectivity index (χ3n) is 3.88. The Hall–Kier alpha value is -2.03. The van der Waals surface area contributed by atoms with E-state index in [0.29, 0.717) is 6.54 Å². The van der Waals surface area contributed by atoms with Crippen molar-refractivity contribution in [2.75, 3.05) is 5.32 Å². The smallest absolute Gasteiger partial charge is 0.250 e. The number of nitrogens with one attached hydrogen (secondary N) is 1. The van der Waals surface area contributed by atoms with Gasteiger partial charge in [0.2, 0.25) is 0 Å². The van der Waals surface area contributed by atoms with Gasteiger partial charge in [-0.3, -0.25) is 4.79 Å². The third-order valence-corrected chi connectivity index (χ3v) is 3.88. The Balaban J connectivity index is 2.30. The summed E-state index contributed by atoms with van der Waals surface area (Å²) < 4.78 is 1.71. The lowest BCUT2D eigenvalue weighted by atomic mass is 9.95. The summed E-state index contributed by atoms with van der Waals surface area (Å²) in [5, 5.41) is 3.50. The molecule has 3 heteroatoms. The molecule has 0 spiro atoms. The zero-order valence-electron chi connectivity index (χ0n) is 13.5. The first kappa shape index (κ1) is 15.4. The average molecular weight is 284 g/mol. The molecular formula is C18H24N2O. The maximum Gasteiger partial charge on any atom is 0.250 e. The molecule has 0 bridgehead atoms. The van der Waals surface area contributed by atoms with Crippen LogP contribution in [0.1, 0.15) is 42.1 Å². The fourth-order valence-corrected chi connectivity index (χ4v) is 3.06. The van der Waals surface area contributed by atoms with Crippen LogP contribution in [0.2, 0.25) is 0 Å². The van der Waals surface area contributed by atoms with Gasteiger partial charge in [-0.15, -0.1) is 0 Å². The van der Waals surface area contributed by atoms with Crippen molar-refractivity contribution in [1.82, 2.24) is 4.57 Å². The maximum absolute atomic E-state index is 11.6. The first-order valence-electron chi connectivity index (χ1n) is 7.47. The molecule has 0 aliphatic rings. The second-order valence-electron chi connectivity index (χ2n) is 5.72. The van der Waals surface area contributed by atoms with Crippen molar-refractivity contribution in [1.29, 1.82) is 0 Å². The van der Waals surface area contributed by atoms with Crippen molar-refractivity contribution >= 4 is 5.69 Å². The van der Waals surface area contributed by atoms with Crippen LogP contribution in [0.15, 0.2) is 35.3 Å². The van der Waals surface area contributed by atoms with Gasteiger partial charge in [0, 0.05) is 24.8 Å². The fraction of sp³-hybridized carbons (Fsp3) is 0.389. The minimum atomic E-state index is 0.0402. The zero-order valence-corrected chi connectivity index (χ0v) is 13.5. The topological polar surface area (TPSA) is 34.0 Å². The van der Waals surface area contributed by atoms with Crippen molar-refractivity contribution in [2.45, 2.75) is 47.2 Å². The van der Waals surface area contributed by atoms with E-state index in [-0.39, 0.29) is 11.6 Å². The second-order valence-corrected chi connectivity index (χ2v) is 5.72. The van der Waals surface area contributed by atoms with Crippen LogP contribution in [-0.2, 0) is 6.54 Å². The van der Waals surface area contributed by atoms with Gasteiger partial charge in [-0.05, 0) is 57.4 Å². The molecule has 1 aromatic heterocycles. The van der Waals surface area contributed by atoms with E-state index < -0.39 is 0 Å². The van der Waals surface area contributed by atoms with Gasteiger partial charge in [0.25, 0.3) is 5.56 Å². The molecule has 2 aromatic rings. The van der Waals surface area contributed by atoms with E-state index in [2.05, 4.69) is 45.1 Å². The number of rotatable bonds is 4. The van der Waals surface area contributed by atoms with E-state index in [1.54, 1.807) is 10.6 Å². The molecule has 0 fully saturated rings. The molecule has 2 rings (SSSR count). The first-order valence-corrected chi connectivity index (χ1v) is 7.47. The summed E-state index contributed by atoms with van der Waals surface area (Å²) in [6.07, 6.45) is 1.89. The van der Waals surface area contributed by atoms with Gasteiger partial charge < -0.3 is 9.88 Å². The minimum Gasteiger partial charge on any atom is -0.377 e. The fourth-order valence-electron chi connectivity index (χ4n) is 3.06. The second kappa shape index (κ2) is 6.17. The zero-order chi connectivity index (χ0) is 15.6. The van der Waals surface area contributed by atoms with Crippen molar-refractivity contribution in [3.63, 3.8) is 0 Å². The molecule has 21 heavy (non-hydrogen) atoms. The van der Waals surface area contributed by atoms with E-state index in [0.717, 1.165) is 5.69 Å². The van der Waals surface area contributed by atoms with Gasteiger partial charge >= 0.3 is 0 Å². The molecule has 0 radical (unpaired) electrons. The highest BCUT2D eigenvalue weighted by molar-refractivity contribution is 5.47. The predicted octanol–water partition coefficient (Wildman–Crippen LogP) is 3.97. The Morgan fingerprint density at radius 2 is 1.76 bits per heavy atom. The van der Waals surface area contributed by atoms with Gasteiger partial charge in [0.1, 0.15) is 0 Å². The highest BCUT2D eigenvalue weighted by Crippen LogP contribution is 2.26. The lowest BCUT2D eigenvalue weighted by Crippen LogP contribution is -2.19. The van der Waals surface area contributed by atoms with E-state index in [4.69, 9.17) is 0 Å². The van der Waals surface area contributed by atoms with Crippen molar-refractivity contribution in [3.05, 3.63) is 63.1 Å². The molecule has 0 aliphatic carbocycles. The van der Waals surface area contributed by atoms with Gasteiger partial charge in [0.15, 0.2) is 0 Å². The monoisotopic (exact) mass is 284 g/mol. The Kier molecular flexibility index (Phi) is 4.51. The van der Waals surface area contributed by atoms with Gasteiger partial charge in [-0.2, -0.15) is 0 Å². The minimum absolute atomic E-state index is 0.0402. The predicted molar refractivity (Wildman–Crippen MR) is 89.1 cm³/mol. The van der Waals surface area contributed by atoms with Crippen LogP contribution in [0.3, 0.4) is 0 Å². The Morgan fingerprint density at radius 1 is 1.14 bits per heavy atom. The number of pyridine rings is 1.